The van der Waals surface area contributed by atoms with Gasteiger partial charge in [0.15, 0.2) is 5.78 Å². The lowest BCUT2D eigenvalue weighted by Crippen LogP contribution is -2.37. The summed E-state index contributed by atoms with van der Waals surface area (Å²) in [6, 6.07) is 17.3. The maximum atomic E-state index is 13.3. The van der Waals surface area contributed by atoms with Crippen molar-refractivity contribution in [1.29, 1.82) is 0 Å². The number of carbonyl (C=O) groups excluding carboxylic acids is 2. The van der Waals surface area contributed by atoms with E-state index in [9.17, 15) is 9.59 Å². The summed E-state index contributed by atoms with van der Waals surface area (Å²) in [4.78, 5) is 30.7. The van der Waals surface area contributed by atoms with Gasteiger partial charge in [-0.15, -0.1) is 0 Å². The van der Waals surface area contributed by atoms with E-state index in [0.29, 0.717) is 29.1 Å². The van der Waals surface area contributed by atoms with Gasteiger partial charge < -0.3 is 4.74 Å². The van der Waals surface area contributed by atoms with E-state index in [1.165, 1.54) is 7.11 Å². The number of allylic oxidation sites excluding steroid dienone is 2. The molecule has 0 spiro atoms. The molecule has 0 N–H and O–H groups in total. The molecule has 0 radical (unpaired) electrons. The first-order valence-electron chi connectivity index (χ1n) is 9.69. The van der Waals surface area contributed by atoms with Gasteiger partial charge in [-0.05, 0) is 42.5 Å². The Bertz CT molecular complexity index is 1010. The van der Waals surface area contributed by atoms with E-state index in [1.807, 2.05) is 61.5 Å². The Morgan fingerprint density at radius 1 is 1.03 bits per heavy atom. The van der Waals surface area contributed by atoms with E-state index in [0.717, 1.165) is 16.8 Å². The minimum absolute atomic E-state index is 0.0465. The van der Waals surface area contributed by atoms with E-state index >= 15 is 0 Å². The summed E-state index contributed by atoms with van der Waals surface area (Å²) < 4.78 is 5.06. The lowest BCUT2D eigenvalue weighted by Gasteiger charge is -2.36. The number of methoxy groups -OCH3 is 1. The molecule has 4 rings (SSSR count). The molecular weight excluding hydrogens is 386 g/mol. The molecule has 0 saturated carbocycles. The van der Waals surface area contributed by atoms with Gasteiger partial charge in [0.2, 0.25) is 0 Å². The van der Waals surface area contributed by atoms with Crippen LogP contribution in [0.1, 0.15) is 42.7 Å². The summed E-state index contributed by atoms with van der Waals surface area (Å²) in [5.74, 6) is -1.21. The number of nitrogens with zero attached hydrogens (tertiary/aromatic N) is 1. The zero-order valence-electron chi connectivity index (χ0n) is 16.4. The number of rotatable bonds is 3. The minimum atomic E-state index is -0.586. The lowest BCUT2D eigenvalue weighted by molar-refractivity contribution is -0.143. The molecule has 0 saturated heterocycles. The first-order chi connectivity index (χ1) is 14.0. The average molecular weight is 408 g/mol. The fraction of sp³-hybridized carbons (Fsp3) is 0.292. The van der Waals surface area contributed by atoms with Crippen LogP contribution in [0.4, 0.5) is 0 Å². The van der Waals surface area contributed by atoms with Gasteiger partial charge in [-0.2, -0.15) is 0 Å². The highest BCUT2D eigenvalue weighted by molar-refractivity contribution is 6.30. The van der Waals surface area contributed by atoms with Crippen LogP contribution in [0.3, 0.4) is 0 Å². The Morgan fingerprint density at radius 2 is 1.72 bits per heavy atom. The third-order valence-corrected chi connectivity index (χ3v) is 6.10. The Kier molecular flexibility index (Phi) is 5.37. The molecular formula is C24H22ClNO3. The molecule has 1 heterocycles. The third-order valence-electron chi connectivity index (χ3n) is 5.84. The van der Waals surface area contributed by atoms with Crippen LogP contribution in [-0.4, -0.2) is 24.6 Å². The van der Waals surface area contributed by atoms with Crippen LogP contribution in [0.5, 0.6) is 0 Å². The Balaban J connectivity index is 1.79. The fourth-order valence-electron chi connectivity index (χ4n) is 4.48. The average Bonchev–Trinajstić information content (AvgIpc) is 2.73. The molecule has 0 bridgehead atoms. The maximum absolute atomic E-state index is 13.3. The molecule has 2 aromatic carbocycles. The molecule has 0 amide bonds. The fourth-order valence-corrected chi connectivity index (χ4v) is 4.61. The first-order valence-corrected chi connectivity index (χ1v) is 10.1. The standard InChI is InChI=1S/C24H22ClNO3/c1-14-21(24(28)29-2)22(16-6-4-3-5-7-16)23-19(26-14)12-17(13-20(23)27)15-8-10-18(25)11-9-15/h3-11,17,21-22H,12-13H2,1-2H3/t17-,21?,22-/m1/s1. The van der Waals surface area contributed by atoms with Crippen molar-refractivity contribution in [1.82, 2.24) is 0 Å². The van der Waals surface area contributed by atoms with Crippen LogP contribution >= 0.6 is 11.6 Å². The summed E-state index contributed by atoms with van der Waals surface area (Å²) in [6.45, 7) is 1.84. The number of halogens is 1. The predicted octanol–water partition coefficient (Wildman–Crippen LogP) is 5.09. The predicted molar refractivity (Wildman–Crippen MR) is 113 cm³/mol. The van der Waals surface area contributed by atoms with Gasteiger partial charge in [-0.3, -0.25) is 14.6 Å². The monoisotopic (exact) mass is 407 g/mol. The number of aliphatic imine (C=N–C) groups is 1. The maximum Gasteiger partial charge on any atom is 0.315 e. The molecule has 148 valence electrons. The van der Waals surface area contributed by atoms with Crippen molar-refractivity contribution in [2.24, 2.45) is 10.9 Å². The molecule has 4 nitrogen and oxygen atoms in total. The van der Waals surface area contributed by atoms with E-state index in [-0.39, 0.29) is 23.6 Å². The van der Waals surface area contributed by atoms with Crippen LogP contribution in [0.15, 0.2) is 70.9 Å². The molecule has 1 unspecified atom stereocenters. The third kappa shape index (κ3) is 3.65. The second-order valence-corrected chi connectivity index (χ2v) is 8.02. The van der Waals surface area contributed by atoms with Gasteiger partial charge in [0, 0.05) is 34.3 Å². The van der Waals surface area contributed by atoms with E-state index in [2.05, 4.69) is 0 Å². The molecule has 5 heteroatoms. The highest BCUT2D eigenvalue weighted by Gasteiger charge is 2.44. The molecule has 1 aliphatic carbocycles. The molecule has 2 aromatic rings. The van der Waals surface area contributed by atoms with Gasteiger partial charge >= 0.3 is 5.97 Å². The number of ketones is 1. The molecule has 0 aromatic heterocycles. The van der Waals surface area contributed by atoms with Crippen molar-refractivity contribution in [2.45, 2.75) is 31.6 Å². The van der Waals surface area contributed by atoms with Crippen LogP contribution in [-0.2, 0) is 14.3 Å². The number of esters is 1. The summed E-state index contributed by atoms with van der Waals surface area (Å²) in [7, 11) is 1.38. The number of ether oxygens (including phenoxy) is 1. The number of hydrogen-bond donors (Lipinski definition) is 0. The van der Waals surface area contributed by atoms with Crippen LogP contribution in [0.25, 0.3) is 0 Å². The van der Waals surface area contributed by atoms with Crippen LogP contribution in [0.2, 0.25) is 5.02 Å². The second kappa shape index (κ2) is 7.96. The summed E-state index contributed by atoms with van der Waals surface area (Å²) in [5.41, 5.74) is 4.14. The zero-order valence-corrected chi connectivity index (χ0v) is 17.1. The van der Waals surface area contributed by atoms with Crippen molar-refractivity contribution >= 4 is 29.1 Å². The molecule has 0 fully saturated rings. The number of Topliss-reactive ketones (excluding diaryl/α,β-unsaturated/α-hetero) is 1. The van der Waals surface area contributed by atoms with Crippen molar-refractivity contribution in [3.63, 3.8) is 0 Å². The molecule has 29 heavy (non-hydrogen) atoms. The Hall–Kier alpha value is -2.72. The van der Waals surface area contributed by atoms with Crippen molar-refractivity contribution in [2.75, 3.05) is 7.11 Å². The van der Waals surface area contributed by atoms with Crippen molar-refractivity contribution in [3.05, 3.63) is 82.0 Å². The summed E-state index contributed by atoms with van der Waals surface area (Å²) >= 11 is 6.01. The first kappa shape index (κ1) is 19.6. The zero-order chi connectivity index (χ0) is 20.5. The quantitative estimate of drug-likeness (QED) is 0.666. The highest BCUT2D eigenvalue weighted by Crippen LogP contribution is 2.46. The van der Waals surface area contributed by atoms with Gasteiger partial charge in [0.1, 0.15) is 5.92 Å². The molecule has 1 aliphatic heterocycles. The SMILES string of the molecule is COC(=O)C1C(C)=NC2=C(C(=O)C[C@H](c3ccc(Cl)cc3)C2)[C@@H]1c1ccccc1. The topological polar surface area (TPSA) is 55.7 Å². The molecule has 3 atom stereocenters. The number of carbonyl (C=O) groups is 2. The van der Waals surface area contributed by atoms with E-state index in [1.54, 1.807) is 0 Å². The Labute approximate surface area is 175 Å². The highest BCUT2D eigenvalue weighted by atomic mass is 35.5. The summed E-state index contributed by atoms with van der Waals surface area (Å²) in [5, 5.41) is 0.674. The minimum Gasteiger partial charge on any atom is -0.468 e. The Morgan fingerprint density at radius 3 is 2.38 bits per heavy atom. The van der Waals surface area contributed by atoms with Crippen molar-refractivity contribution in [3.8, 4) is 0 Å². The van der Waals surface area contributed by atoms with E-state index < -0.39 is 5.92 Å². The lowest BCUT2D eigenvalue weighted by atomic mass is 9.69. The number of benzene rings is 2. The summed E-state index contributed by atoms with van der Waals surface area (Å²) in [6.07, 6.45) is 1.06. The number of hydrogen-bond acceptors (Lipinski definition) is 4. The van der Waals surface area contributed by atoms with Gasteiger partial charge in [0.25, 0.3) is 0 Å². The smallest absolute Gasteiger partial charge is 0.315 e. The van der Waals surface area contributed by atoms with Gasteiger partial charge in [-0.25, -0.2) is 0 Å². The van der Waals surface area contributed by atoms with Crippen LogP contribution < -0.4 is 0 Å². The van der Waals surface area contributed by atoms with Gasteiger partial charge in [-0.1, -0.05) is 54.1 Å². The largest absolute Gasteiger partial charge is 0.468 e. The molecule has 2 aliphatic rings. The second-order valence-electron chi connectivity index (χ2n) is 7.58. The van der Waals surface area contributed by atoms with Gasteiger partial charge in [0.05, 0.1) is 7.11 Å². The van der Waals surface area contributed by atoms with Crippen LogP contribution in [0, 0.1) is 5.92 Å². The van der Waals surface area contributed by atoms with E-state index in [4.69, 9.17) is 21.3 Å². The van der Waals surface area contributed by atoms with Crippen molar-refractivity contribution < 1.29 is 14.3 Å². The normalized spacial score (nSPS) is 24.0.